The van der Waals surface area contributed by atoms with E-state index in [1.54, 1.807) is 0 Å². The van der Waals surface area contributed by atoms with Crippen molar-refractivity contribution in [2.45, 2.75) is 52.4 Å². The first-order chi connectivity index (χ1) is 7.15. The highest BCUT2D eigenvalue weighted by Gasteiger charge is 2.23. The van der Waals surface area contributed by atoms with E-state index in [0.717, 1.165) is 26.2 Å². The zero-order valence-corrected chi connectivity index (χ0v) is 10.6. The summed E-state index contributed by atoms with van der Waals surface area (Å²) in [6.07, 6.45) is 1.97. The standard InChI is InChI=1S/C12H26N2O/c1-5-12(13-6-2)9-14-7-10(3)15-11(4)8-14/h10-13H,5-9H2,1-4H3/t10-,11+,12?. The molecule has 1 aliphatic rings. The number of nitrogens with zero attached hydrogens (tertiary/aromatic N) is 1. The quantitative estimate of drug-likeness (QED) is 0.750. The second-order valence-corrected chi connectivity index (χ2v) is 4.64. The number of hydrogen-bond acceptors (Lipinski definition) is 3. The van der Waals surface area contributed by atoms with Crippen LogP contribution in [0.3, 0.4) is 0 Å². The summed E-state index contributed by atoms with van der Waals surface area (Å²) < 4.78 is 5.73. The Morgan fingerprint density at radius 3 is 2.33 bits per heavy atom. The molecule has 3 nitrogen and oxygen atoms in total. The molecule has 0 aromatic heterocycles. The van der Waals surface area contributed by atoms with Crippen LogP contribution in [0.5, 0.6) is 0 Å². The highest BCUT2D eigenvalue weighted by atomic mass is 16.5. The molecule has 0 radical (unpaired) electrons. The molecule has 90 valence electrons. The highest BCUT2D eigenvalue weighted by molar-refractivity contribution is 4.77. The predicted octanol–water partition coefficient (Wildman–Crippen LogP) is 1.48. The summed E-state index contributed by atoms with van der Waals surface area (Å²) in [4.78, 5) is 2.52. The van der Waals surface area contributed by atoms with Crippen LogP contribution in [0.1, 0.15) is 34.1 Å². The largest absolute Gasteiger partial charge is 0.373 e. The summed E-state index contributed by atoms with van der Waals surface area (Å²) in [5.74, 6) is 0. The third-order valence-electron chi connectivity index (χ3n) is 2.96. The van der Waals surface area contributed by atoms with Gasteiger partial charge >= 0.3 is 0 Å². The maximum absolute atomic E-state index is 5.73. The fourth-order valence-corrected chi connectivity index (χ4v) is 2.37. The maximum Gasteiger partial charge on any atom is 0.0678 e. The van der Waals surface area contributed by atoms with Gasteiger partial charge in [0.2, 0.25) is 0 Å². The molecule has 0 aliphatic carbocycles. The molecule has 1 fully saturated rings. The summed E-state index contributed by atoms with van der Waals surface area (Å²) in [6, 6.07) is 0.632. The van der Waals surface area contributed by atoms with Crippen LogP contribution in [0.15, 0.2) is 0 Å². The van der Waals surface area contributed by atoms with E-state index in [0.29, 0.717) is 18.2 Å². The summed E-state index contributed by atoms with van der Waals surface area (Å²) in [5, 5.41) is 3.53. The Bertz CT molecular complexity index is 165. The number of ether oxygens (including phenoxy) is 1. The smallest absolute Gasteiger partial charge is 0.0678 e. The van der Waals surface area contributed by atoms with Gasteiger partial charge in [0.25, 0.3) is 0 Å². The second-order valence-electron chi connectivity index (χ2n) is 4.64. The molecule has 1 rings (SSSR count). The Kier molecular flexibility index (Phi) is 5.58. The van der Waals surface area contributed by atoms with E-state index in [2.05, 4.69) is 37.9 Å². The van der Waals surface area contributed by atoms with E-state index in [-0.39, 0.29) is 0 Å². The first-order valence-electron chi connectivity index (χ1n) is 6.26. The molecule has 1 aliphatic heterocycles. The Labute approximate surface area is 94.2 Å². The second kappa shape index (κ2) is 6.46. The Hall–Kier alpha value is -0.120. The normalized spacial score (nSPS) is 30.4. The molecular weight excluding hydrogens is 188 g/mol. The van der Waals surface area contributed by atoms with Gasteiger partial charge < -0.3 is 10.1 Å². The molecule has 0 aromatic carbocycles. The topological polar surface area (TPSA) is 24.5 Å². The SMILES string of the molecule is CCNC(CC)CN1C[C@@H](C)O[C@@H](C)C1. The fraction of sp³-hybridized carbons (Fsp3) is 1.00. The fourth-order valence-electron chi connectivity index (χ4n) is 2.37. The monoisotopic (exact) mass is 214 g/mol. The Morgan fingerprint density at radius 2 is 1.87 bits per heavy atom. The number of morpholine rings is 1. The van der Waals surface area contributed by atoms with Crippen molar-refractivity contribution in [2.24, 2.45) is 0 Å². The number of hydrogen-bond donors (Lipinski definition) is 1. The predicted molar refractivity (Wildman–Crippen MR) is 64.2 cm³/mol. The van der Waals surface area contributed by atoms with Gasteiger partial charge in [0, 0.05) is 25.7 Å². The third kappa shape index (κ3) is 4.49. The van der Waals surface area contributed by atoms with Crippen LogP contribution < -0.4 is 5.32 Å². The van der Waals surface area contributed by atoms with Gasteiger partial charge in [-0.25, -0.2) is 0 Å². The third-order valence-corrected chi connectivity index (χ3v) is 2.96. The molecule has 0 spiro atoms. The van der Waals surface area contributed by atoms with E-state index in [1.165, 1.54) is 6.42 Å². The van der Waals surface area contributed by atoms with E-state index in [1.807, 2.05) is 0 Å². The molecule has 1 saturated heterocycles. The van der Waals surface area contributed by atoms with Gasteiger partial charge in [0.15, 0.2) is 0 Å². The van der Waals surface area contributed by atoms with Gasteiger partial charge in [-0.2, -0.15) is 0 Å². The molecule has 1 unspecified atom stereocenters. The molecule has 1 N–H and O–H groups in total. The summed E-state index contributed by atoms with van der Waals surface area (Å²) in [7, 11) is 0. The van der Waals surface area contributed by atoms with E-state index in [4.69, 9.17) is 4.74 Å². The summed E-state index contributed by atoms with van der Waals surface area (Å²) >= 11 is 0. The molecule has 0 amide bonds. The van der Waals surface area contributed by atoms with E-state index in [9.17, 15) is 0 Å². The first kappa shape index (κ1) is 12.9. The van der Waals surface area contributed by atoms with Gasteiger partial charge in [0.05, 0.1) is 12.2 Å². The molecule has 3 heteroatoms. The first-order valence-corrected chi connectivity index (χ1v) is 6.26. The summed E-state index contributed by atoms with van der Waals surface area (Å²) in [6.45, 7) is 13.1. The van der Waals surface area contributed by atoms with Crippen LogP contribution >= 0.6 is 0 Å². The van der Waals surface area contributed by atoms with Gasteiger partial charge in [0.1, 0.15) is 0 Å². The Morgan fingerprint density at radius 1 is 1.27 bits per heavy atom. The summed E-state index contributed by atoms with van der Waals surface area (Å²) in [5.41, 5.74) is 0. The molecule has 0 saturated carbocycles. The number of nitrogens with one attached hydrogen (secondary N) is 1. The molecular formula is C12H26N2O. The lowest BCUT2D eigenvalue weighted by molar-refractivity contribution is -0.0698. The van der Waals surface area contributed by atoms with Crippen LogP contribution in [-0.4, -0.2) is 49.3 Å². The number of rotatable bonds is 5. The van der Waals surface area contributed by atoms with Crippen LogP contribution in [-0.2, 0) is 4.74 Å². The lowest BCUT2D eigenvalue weighted by atomic mass is 10.1. The van der Waals surface area contributed by atoms with Crippen molar-refractivity contribution in [1.29, 1.82) is 0 Å². The average molecular weight is 214 g/mol. The minimum atomic E-state index is 0.382. The van der Waals surface area contributed by atoms with Gasteiger partial charge in [-0.1, -0.05) is 13.8 Å². The van der Waals surface area contributed by atoms with Crippen molar-refractivity contribution >= 4 is 0 Å². The zero-order chi connectivity index (χ0) is 11.3. The van der Waals surface area contributed by atoms with Crippen LogP contribution in [0.4, 0.5) is 0 Å². The van der Waals surface area contributed by atoms with Crippen LogP contribution in [0.2, 0.25) is 0 Å². The molecule has 15 heavy (non-hydrogen) atoms. The van der Waals surface area contributed by atoms with Crippen LogP contribution in [0.25, 0.3) is 0 Å². The average Bonchev–Trinajstić information content (AvgIpc) is 2.15. The molecule has 0 aromatic rings. The maximum atomic E-state index is 5.73. The van der Waals surface area contributed by atoms with Crippen molar-refractivity contribution in [3.63, 3.8) is 0 Å². The van der Waals surface area contributed by atoms with Crippen molar-refractivity contribution < 1.29 is 4.74 Å². The highest BCUT2D eigenvalue weighted by Crippen LogP contribution is 2.11. The van der Waals surface area contributed by atoms with Gasteiger partial charge in [-0.05, 0) is 26.8 Å². The van der Waals surface area contributed by atoms with Crippen molar-refractivity contribution in [2.75, 3.05) is 26.2 Å². The Balaban J connectivity index is 2.35. The van der Waals surface area contributed by atoms with Crippen LogP contribution in [0, 0.1) is 0 Å². The minimum Gasteiger partial charge on any atom is -0.373 e. The number of likely N-dealkylation sites (N-methyl/N-ethyl adjacent to an activating group) is 1. The van der Waals surface area contributed by atoms with Gasteiger partial charge in [-0.3, -0.25) is 4.90 Å². The van der Waals surface area contributed by atoms with Gasteiger partial charge in [-0.15, -0.1) is 0 Å². The lowest BCUT2D eigenvalue weighted by Gasteiger charge is -2.37. The lowest BCUT2D eigenvalue weighted by Crippen LogP contribution is -2.50. The van der Waals surface area contributed by atoms with Crippen molar-refractivity contribution in [3.05, 3.63) is 0 Å². The van der Waals surface area contributed by atoms with E-state index >= 15 is 0 Å². The van der Waals surface area contributed by atoms with E-state index < -0.39 is 0 Å². The molecule has 1 heterocycles. The van der Waals surface area contributed by atoms with Crippen molar-refractivity contribution in [1.82, 2.24) is 10.2 Å². The molecule has 3 atom stereocenters. The molecule has 0 bridgehead atoms. The zero-order valence-electron chi connectivity index (χ0n) is 10.6. The van der Waals surface area contributed by atoms with Crippen molar-refractivity contribution in [3.8, 4) is 0 Å². The minimum absolute atomic E-state index is 0.382.